The second-order valence-corrected chi connectivity index (χ2v) is 8.44. The van der Waals surface area contributed by atoms with Gasteiger partial charge in [0.1, 0.15) is 0 Å². The molecule has 0 bridgehead atoms. The van der Waals surface area contributed by atoms with Gasteiger partial charge in [0, 0.05) is 15.4 Å². The number of H-pyrrole nitrogens is 1. The lowest BCUT2D eigenvalue weighted by molar-refractivity contribution is -0.694. The molecule has 28 heavy (non-hydrogen) atoms. The van der Waals surface area contributed by atoms with Crippen molar-refractivity contribution in [2.75, 3.05) is 11.1 Å². The molecule has 2 N–H and O–H groups in total. The maximum absolute atomic E-state index is 12.3. The number of aromatic amines is 1. The molecular formula is C19H15BrN5OS2+. The van der Waals surface area contributed by atoms with Crippen LogP contribution in [0.4, 0.5) is 5.13 Å². The summed E-state index contributed by atoms with van der Waals surface area (Å²) in [6.45, 7) is 0. The van der Waals surface area contributed by atoms with Crippen molar-refractivity contribution in [1.82, 2.24) is 15.1 Å². The number of nitrogens with one attached hydrogen (secondary N) is 2. The number of carbonyl (C=O) groups is 1. The highest BCUT2D eigenvalue weighted by atomic mass is 79.9. The van der Waals surface area contributed by atoms with Crippen LogP contribution in [-0.4, -0.2) is 26.7 Å². The van der Waals surface area contributed by atoms with E-state index in [0.29, 0.717) is 5.13 Å². The molecule has 0 radical (unpaired) electrons. The molecule has 0 aliphatic heterocycles. The van der Waals surface area contributed by atoms with Gasteiger partial charge in [-0.25, -0.2) is 4.98 Å². The normalized spacial score (nSPS) is 10.8. The smallest absolute Gasteiger partial charge is 0.301 e. The molecule has 6 nitrogen and oxygen atoms in total. The van der Waals surface area contributed by atoms with Crippen LogP contribution in [-0.2, 0) is 4.79 Å². The van der Waals surface area contributed by atoms with Gasteiger partial charge < -0.3 is 5.32 Å². The Hall–Kier alpha value is -2.49. The lowest BCUT2D eigenvalue weighted by Gasteiger charge is -2.00. The maximum atomic E-state index is 12.3. The van der Waals surface area contributed by atoms with Crippen molar-refractivity contribution in [3.8, 4) is 16.9 Å². The Bertz CT molecular complexity index is 1080. The third-order valence-electron chi connectivity index (χ3n) is 3.79. The zero-order valence-corrected chi connectivity index (χ0v) is 17.7. The van der Waals surface area contributed by atoms with Crippen LogP contribution in [0.15, 0.2) is 75.9 Å². The minimum Gasteiger partial charge on any atom is -0.301 e. The minimum absolute atomic E-state index is 0.121. The average molecular weight is 473 g/mol. The van der Waals surface area contributed by atoms with Crippen LogP contribution >= 0.6 is 39.0 Å². The SMILES string of the molecule is O=C(CSc1nc[nH][n+]1-c1ccccc1)Nc1nc(-c2ccc(Br)cc2)cs1. The third-order valence-corrected chi connectivity index (χ3v) is 6.03. The Balaban J connectivity index is 1.37. The van der Waals surface area contributed by atoms with Crippen molar-refractivity contribution in [1.29, 1.82) is 0 Å². The van der Waals surface area contributed by atoms with Crippen LogP contribution in [0.2, 0.25) is 0 Å². The molecule has 0 unspecified atom stereocenters. The maximum Gasteiger partial charge on any atom is 0.385 e. The van der Waals surface area contributed by atoms with E-state index in [4.69, 9.17) is 0 Å². The van der Waals surface area contributed by atoms with Gasteiger partial charge in [-0.2, -0.15) is 5.10 Å². The molecular weight excluding hydrogens is 458 g/mol. The first kappa shape index (κ1) is 18.9. The van der Waals surface area contributed by atoms with Crippen molar-refractivity contribution in [3.05, 3.63) is 70.8 Å². The zero-order chi connectivity index (χ0) is 19.3. The Morgan fingerprint density at radius 1 is 1.18 bits per heavy atom. The van der Waals surface area contributed by atoms with Gasteiger partial charge in [0.2, 0.25) is 12.2 Å². The third kappa shape index (κ3) is 4.49. The molecule has 4 aromatic rings. The first-order valence-electron chi connectivity index (χ1n) is 8.34. The number of aromatic nitrogens is 4. The van der Waals surface area contributed by atoms with Crippen LogP contribution in [0.25, 0.3) is 16.9 Å². The van der Waals surface area contributed by atoms with Gasteiger partial charge in [-0.3, -0.25) is 4.79 Å². The molecule has 0 atom stereocenters. The molecule has 140 valence electrons. The molecule has 1 amide bonds. The number of rotatable bonds is 6. The van der Waals surface area contributed by atoms with E-state index in [2.05, 4.69) is 36.3 Å². The van der Waals surface area contributed by atoms with Crippen molar-refractivity contribution < 1.29 is 9.48 Å². The quantitative estimate of drug-likeness (QED) is 0.324. The summed E-state index contributed by atoms with van der Waals surface area (Å²) in [5, 5.41) is 9.15. The topological polar surface area (TPSA) is 74.6 Å². The average Bonchev–Trinajstić information content (AvgIpc) is 3.37. The van der Waals surface area contributed by atoms with E-state index in [-0.39, 0.29) is 11.7 Å². The van der Waals surface area contributed by atoms with E-state index >= 15 is 0 Å². The van der Waals surface area contributed by atoms with E-state index < -0.39 is 0 Å². The number of thioether (sulfide) groups is 1. The summed E-state index contributed by atoms with van der Waals surface area (Å²) in [6.07, 6.45) is 1.61. The molecule has 0 saturated heterocycles. The summed E-state index contributed by atoms with van der Waals surface area (Å²) in [5.74, 6) is 0.120. The summed E-state index contributed by atoms with van der Waals surface area (Å²) >= 11 is 6.19. The Kier molecular flexibility index (Phi) is 5.84. The number of nitrogens with zero attached hydrogens (tertiary/aromatic N) is 3. The number of hydrogen-bond acceptors (Lipinski definition) is 5. The fourth-order valence-corrected chi connectivity index (χ4v) is 4.24. The number of benzene rings is 2. The van der Waals surface area contributed by atoms with Crippen LogP contribution in [0.3, 0.4) is 0 Å². The minimum atomic E-state index is -0.121. The molecule has 2 aromatic heterocycles. The summed E-state index contributed by atoms with van der Waals surface area (Å²) in [7, 11) is 0. The number of anilines is 1. The molecule has 0 spiro atoms. The summed E-state index contributed by atoms with van der Waals surface area (Å²) in [4.78, 5) is 21.1. The predicted octanol–water partition coefficient (Wildman–Crippen LogP) is 4.30. The summed E-state index contributed by atoms with van der Waals surface area (Å²) < 4.78 is 2.86. The molecule has 0 aliphatic rings. The van der Waals surface area contributed by atoms with Crippen molar-refractivity contribution in [2.45, 2.75) is 5.16 Å². The van der Waals surface area contributed by atoms with Gasteiger partial charge in [0.15, 0.2) is 10.8 Å². The number of para-hydroxylation sites is 1. The van der Waals surface area contributed by atoms with E-state index in [1.165, 1.54) is 23.1 Å². The van der Waals surface area contributed by atoms with Crippen LogP contribution in [0.5, 0.6) is 0 Å². The standard InChI is InChI=1S/C19H14BrN5OS2/c20-14-8-6-13(7-9-14)16-10-27-18(23-16)24-17(26)11-28-19-21-12-22-25(19)15-4-2-1-3-5-15/h1-10,12H,11H2,(H,23,24,26)/p+1. The molecule has 0 saturated carbocycles. The lowest BCUT2D eigenvalue weighted by atomic mass is 10.2. The van der Waals surface area contributed by atoms with Crippen molar-refractivity contribution >= 4 is 50.1 Å². The number of thiazole rings is 1. The van der Waals surface area contributed by atoms with Crippen LogP contribution in [0.1, 0.15) is 0 Å². The van der Waals surface area contributed by atoms with Crippen LogP contribution < -0.4 is 10.00 Å². The Morgan fingerprint density at radius 2 is 1.96 bits per heavy atom. The van der Waals surface area contributed by atoms with Gasteiger partial charge >= 0.3 is 5.16 Å². The lowest BCUT2D eigenvalue weighted by Crippen LogP contribution is -2.35. The van der Waals surface area contributed by atoms with Gasteiger partial charge in [0.25, 0.3) is 0 Å². The molecule has 0 aliphatic carbocycles. The zero-order valence-electron chi connectivity index (χ0n) is 14.5. The second-order valence-electron chi connectivity index (χ2n) is 5.72. The van der Waals surface area contributed by atoms with E-state index in [9.17, 15) is 4.79 Å². The number of amides is 1. The Morgan fingerprint density at radius 3 is 2.75 bits per heavy atom. The van der Waals surface area contributed by atoms with Crippen molar-refractivity contribution in [2.24, 2.45) is 0 Å². The highest BCUT2D eigenvalue weighted by molar-refractivity contribution is 9.10. The molecule has 0 fully saturated rings. The Labute approximate surface area is 178 Å². The van der Waals surface area contributed by atoms with Gasteiger partial charge in [-0.05, 0) is 41.0 Å². The predicted molar refractivity (Wildman–Crippen MR) is 115 cm³/mol. The van der Waals surface area contributed by atoms with E-state index in [1.54, 1.807) is 6.33 Å². The molecule has 4 rings (SSSR count). The fourth-order valence-electron chi connectivity index (χ4n) is 2.49. The van der Waals surface area contributed by atoms with E-state index in [0.717, 1.165) is 26.6 Å². The number of halogens is 1. The first-order chi connectivity index (χ1) is 13.7. The molecule has 9 heteroatoms. The van der Waals surface area contributed by atoms with Gasteiger partial charge in [-0.1, -0.05) is 46.3 Å². The van der Waals surface area contributed by atoms with E-state index in [1.807, 2.05) is 64.7 Å². The number of carbonyl (C=O) groups excluding carboxylic acids is 1. The van der Waals surface area contributed by atoms with Crippen LogP contribution in [0, 0.1) is 0 Å². The molecule has 2 aromatic carbocycles. The number of hydrogen-bond donors (Lipinski definition) is 2. The van der Waals surface area contributed by atoms with Gasteiger partial charge in [0.05, 0.1) is 11.4 Å². The highest BCUT2D eigenvalue weighted by Gasteiger charge is 2.19. The van der Waals surface area contributed by atoms with Crippen molar-refractivity contribution in [3.63, 3.8) is 0 Å². The largest absolute Gasteiger partial charge is 0.385 e. The first-order valence-corrected chi connectivity index (χ1v) is 11.0. The monoisotopic (exact) mass is 472 g/mol. The molecule has 2 heterocycles. The van der Waals surface area contributed by atoms with Gasteiger partial charge in [-0.15, -0.1) is 16.0 Å². The summed E-state index contributed by atoms with van der Waals surface area (Å²) in [6, 6.07) is 17.7. The fraction of sp³-hybridized carbons (Fsp3) is 0.0526. The summed E-state index contributed by atoms with van der Waals surface area (Å²) in [5.41, 5.74) is 2.81. The second kappa shape index (κ2) is 8.68. The highest BCUT2D eigenvalue weighted by Crippen LogP contribution is 2.26.